The molecule has 29 heavy (non-hydrogen) atoms. The molecule has 0 radical (unpaired) electrons. The lowest BCUT2D eigenvalue weighted by Gasteiger charge is -2.17. The standard InChI is InChI=1S/C22H27N3O4/c23-14(12-25-22(27)28)6-5-11-20(24)21(26)29-13-19-17-9-3-1-7-15(17)16-8-2-4-10-18(16)19/h1-4,7-10,14,19-20,25H,5-6,11-13,23-24H2,(H,27,28)/t14-,20?/m0/s1. The SMILES string of the molecule is NC(CCC[C@H](N)CNC(=O)O)C(=O)OCC1c2ccccc2-c2ccccc21. The van der Waals surface area contributed by atoms with Crippen molar-refractivity contribution in [3.63, 3.8) is 0 Å². The Morgan fingerprint density at radius 1 is 1.00 bits per heavy atom. The molecule has 7 heteroatoms. The Labute approximate surface area is 170 Å². The normalized spacial score (nSPS) is 14.6. The number of ether oxygens (including phenoxy) is 1. The zero-order chi connectivity index (χ0) is 20.8. The van der Waals surface area contributed by atoms with Gasteiger partial charge < -0.3 is 26.6 Å². The molecular weight excluding hydrogens is 370 g/mol. The second-order valence-corrected chi connectivity index (χ2v) is 7.34. The monoisotopic (exact) mass is 397 g/mol. The molecule has 1 amide bonds. The van der Waals surface area contributed by atoms with Crippen LogP contribution in [0, 0.1) is 0 Å². The molecule has 1 aliphatic carbocycles. The summed E-state index contributed by atoms with van der Waals surface area (Å²) in [6.45, 7) is 0.429. The molecule has 1 aliphatic rings. The highest BCUT2D eigenvalue weighted by atomic mass is 16.5. The Hall–Kier alpha value is -2.90. The Morgan fingerprint density at radius 2 is 1.59 bits per heavy atom. The van der Waals surface area contributed by atoms with Crippen molar-refractivity contribution >= 4 is 12.1 Å². The number of carbonyl (C=O) groups is 2. The Bertz CT molecular complexity index is 825. The molecule has 0 aromatic heterocycles. The summed E-state index contributed by atoms with van der Waals surface area (Å²) in [5.41, 5.74) is 16.5. The molecule has 0 saturated carbocycles. The Balaban J connectivity index is 1.50. The number of amides is 1. The van der Waals surface area contributed by atoms with E-state index in [1.165, 1.54) is 11.1 Å². The highest BCUT2D eigenvalue weighted by molar-refractivity contribution is 5.79. The summed E-state index contributed by atoms with van der Waals surface area (Å²) in [5.74, 6) is -0.418. The molecule has 0 heterocycles. The van der Waals surface area contributed by atoms with Gasteiger partial charge in [0.05, 0.1) is 0 Å². The van der Waals surface area contributed by atoms with E-state index in [0.29, 0.717) is 19.3 Å². The summed E-state index contributed by atoms with van der Waals surface area (Å²) < 4.78 is 5.55. The number of carboxylic acid groups (broad SMARTS) is 1. The third-order valence-electron chi connectivity index (χ3n) is 5.26. The van der Waals surface area contributed by atoms with Crippen LogP contribution in [0.4, 0.5) is 4.79 Å². The molecule has 3 rings (SSSR count). The number of benzene rings is 2. The number of hydrogen-bond acceptors (Lipinski definition) is 5. The minimum absolute atomic E-state index is 0.00839. The average molecular weight is 397 g/mol. The molecule has 0 bridgehead atoms. The van der Waals surface area contributed by atoms with Crippen LogP contribution in [0.15, 0.2) is 48.5 Å². The van der Waals surface area contributed by atoms with Crippen molar-refractivity contribution in [3.8, 4) is 11.1 Å². The fraction of sp³-hybridized carbons (Fsp3) is 0.364. The van der Waals surface area contributed by atoms with Gasteiger partial charge in [0.2, 0.25) is 0 Å². The summed E-state index contributed by atoms with van der Waals surface area (Å²) in [7, 11) is 0. The van der Waals surface area contributed by atoms with Gasteiger partial charge in [0, 0.05) is 18.5 Å². The van der Waals surface area contributed by atoms with Crippen molar-refractivity contribution in [1.82, 2.24) is 5.32 Å². The van der Waals surface area contributed by atoms with Crippen molar-refractivity contribution < 1.29 is 19.4 Å². The third-order valence-corrected chi connectivity index (χ3v) is 5.26. The topological polar surface area (TPSA) is 128 Å². The van der Waals surface area contributed by atoms with Crippen LogP contribution in [0.3, 0.4) is 0 Å². The van der Waals surface area contributed by atoms with E-state index in [1.54, 1.807) is 0 Å². The summed E-state index contributed by atoms with van der Waals surface area (Å²) in [4.78, 5) is 22.8. The van der Waals surface area contributed by atoms with Crippen molar-refractivity contribution in [3.05, 3.63) is 59.7 Å². The maximum absolute atomic E-state index is 12.3. The van der Waals surface area contributed by atoms with Gasteiger partial charge >= 0.3 is 12.1 Å². The average Bonchev–Trinajstić information content (AvgIpc) is 3.04. The Kier molecular flexibility index (Phi) is 6.85. The van der Waals surface area contributed by atoms with Crippen LogP contribution < -0.4 is 16.8 Å². The maximum Gasteiger partial charge on any atom is 0.404 e. The van der Waals surface area contributed by atoms with E-state index < -0.39 is 18.1 Å². The van der Waals surface area contributed by atoms with E-state index in [4.69, 9.17) is 21.3 Å². The number of esters is 1. The quantitative estimate of drug-likeness (QED) is 0.481. The molecule has 0 saturated heterocycles. The molecule has 2 aromatic carbocycles. The van der Waals surface area contributed by atoms with E-state index in [-0.39, 0.29) is 25.1 Å². The Morgan fingerprint density at radius 3 is 2.17 bits per heavy atom. The first-order chi connectivity index (χ1) is 14.0. The van der Waals surface area contributed by atoms with Gasteiger partial charge in [-0.3, -0.25) is 4.79 Å². The van der Waals surface area contributed by atoms with Gasteiger partial charge in [-0.05, 0) is 41.5 Å². The van der Waals surface area contributed by atoms with Crippen LogP contribution >= 0.6 is 0 Å². The van der Waals surface area contributed by atoms with Crippen LogP contribution in [0.5, 0.6) is 0 Å². The van der Waals surface area contributed by atoms with Crippen molar-refractivity contribution in [2.75, 3.05) is 13.2 Å². The first-order valence-corrected chi connectivity index (χ1v) is 9.80. The van der Waals surface area contributed by atoms with Gasteiger partial charge in [-0.2, -0.15) is 0 Å². The van der Waals surface area contributed by atoms with E-state index in [9.17, 15) is 9.59 Å². The molecule has 2 atom stereocenters. The van der Waals surface area contributed by atoms with E-state index in [1.807, 2.05) is 24.3 Å². The molecule has 0 spiro atoms. The minimum atomic E-state index is -1.10. The highest BCUT2D eigenvalue weighted by Crippen LogP contribution is 2.44. The van der Waals surface area contributed by atoms with E-state index in [0.717, 1.165) is 11.1 Å². The summed E-state index contributed by atoms with van der Waals surface area (Å²) in [6, 6.07) is 15.3. The van der Waals surface area contributed by atoms with Crippen molar-refractivity contribution in [1.29, 1.82) is 0 Å². The predicted octanol–water partition coefficient (Wildman–Crippen LogP) is 2.43. The molecular formula is C22H27N3O4. The molecule has 154 valence electrons. The zero-order valence-corrected chi connectivity index (χ0v) is 16.2. The van der Waals surface area contributed by atoms with Gasteiger partial charge in [0.25, 0.3) is 0 Å². The van der Waals surface area contributed by atoms with Gasteiger partial charge in [0.1, 0.15) is 12.6 Å². The zero-order valence-electron chi connectivity index (χ0n) is 16.2. The lowest BCUT2D eigenvalue weighted by Crippen LogP contribution is -2.37. The van der Waals surface area contributed by atoms with Crippen molar-refractivity contribution in [2.45, 2.75) is 37.3 Å². The first-order valence-electron chi connectivity index (χ1n) is 9.80. The fourth-order valence-corrected chi connectivity index (χ4v) is 3.75. The third kappa shape index (κ3) is 5.13. The number of fused-ring (bicyclic) bond motifs is 3. The van der Waals surface area contributed by atoms with Crippen LogP contribution in [-0.2, 0) is 9.53 Å². The lowest BCUT2D eigenvalue weighted by atomic mass is 9.98. The van der Waals surface area contributed by atoms with Gasteiger partial charge in [-0.15, -0.1) is 0 Å². The van der Waals surface area contributed by atoms with Crippen LogP contribution in [0.25, 0.3) is 11.1 Å². The molecule has 2 aromatic rings. The van der Waals surface area contributed by atoms with Crippen LogP contribution in [0.1, 0.15) is 36.3 Å². The lowest BCUT2D eigenvalue weighted by molar-refractivity contribution is -0.145. The number of nitrogens with one attached hydrogen (secondary N) is 1. The molecule has 1 unspecified atom stereocenters. The summed E-state index contributed by atoms with van der Waals surface area (Å²) >= 11 is 0. The second kappa shape index (κ2) is 9.54. The van der Waals surface area contributed by atoms with Crippen molar-refractivity contribution in [2.24, 2.45) is 11.5 Å². The largest absolute Gasteiger partial charge is 0.465 e. The van der Waals surface area contributed by atoms with Gasteiger partial charge in [-0.1, -0.05) is 48.5 Å². The number of carbonyl (C=O) groups excluding carboxylic acids is 1. The number of rotatable bonds is 9. The summed E-state index contributed by atoms with van der Waals surface area (Å²) in [6.07, 6.45) is 0.534. The number of hydrogen-bond donors (Lipinski definition) is 4. The molecule has 7 nitrogen and oxygen atoms in total. The minimum Gasteiger partial charge on any atom is -0.465 e. The van der Waals surface area contributed by atoms with E-state index in [2.05, 4.69) is 29.6 Å². The predicted molar refractivity (Wildman–Crippen MR) is 111 cm³/mol. The first kappa shape index (κ1) is 20.8. The van der Waals surface area contributed by atoms with Crippen LogP contribution in [-0.4, -0.2) is 42.4 Å². The van der Waals surface area contributed by atoms with Gasteiger partial charge in [-0.25, -0.2) is 4.79 Å². The van der Waals surface area contributed by atoms with E-state index >= 15 is 0 Å². The fourth-order valence-electron chi connectivity index (χ4n) is 3.75. The van der Waals surface area contributed by atoms with Gasteiger partial charge in [0.15, 0.2) is 0 Å². The maximum atomic E-state index is 12.3. The highest BCUT2D eigenvalue weighted by Gasteiger charge is 2.29. The van der Waals surface area contributed by atoms with Crippen LogP contribution in [0.2, 0.25) is 0 Å². The summed E-state index contributed by atoms with van der Waals surface area (Å²) in [5, 5.41) is 10.8. The molecule has 6 N–H and O–H groups in total. The molecule has 0 aliphatic heterocycles. The smallest absolute Gasteiger partial charge is 0.404 e. The number of nitrogens with two attached hydrogens (primary N) is 2. The molecule has 0 fully saturated rings. The second-order valence-electron chi connectivity index (χ2n) is 7.34.